The second-order valence-corrected chi connectivity index (χ2v) is 7.13. The number of nitrogens with zero attached hydrogens (tertiary/aromatic N) is 1. The fourth-order valence-electron chi connectivity index (χ4n) is 2.80. The van der Waals surface area contributed by atoms with Crippen LogP contribution in [0.2, 0.25) is 0 Å². The minimum atomic E-state index is -0.0228. The summed E-state index contributed by atoms with van der Waals surface area (Å²) in [6.45, 7) is 8.22. The molecule has 0 aliphatic carbocycles. The molecule has 3 rings (SSSR count). The molecule has 0 radical (unpaired) electrons. The number of thiazole rings is 1. The van der Waals surface area contributed by atoms with Gasteiger partial charge in [-0.25, -0.2) is 4.98 Å². The Labute approximate surface area is 140 Å². The van der Waals surface area contributed by atoms with Gasteiger partial charge >= 0.3 is 0 Å². The summed E-state index contributed by atoms with van der Waals surface area (Å²) < 4.78 is 1.12. The van der Waals surface area contributed by atoms with Gasteiger partial charge in [-0.2, -0.15) is 0 Å². The zero-order chi connectivity index (χ0) is 16.6. The highest BCUT2D eigenvalue weighted by Crippen LogP contribution is 2.29. The van der Waals surface area contributed by atoms with Gasteiger partial charge in [-0.05, 0) is 56.0 Å². The molecule has 1 aromatic heterocycles. The summed E-state index contributed by atoms with van der Waals surface area (Å²) in [5, 5.41) is 3.61. The lowest BCUT2D eigenvalue weighted by Gasteiger charge is -2.06. The first-order valence-corrected chi connectivity index (χ1v) is 8.48. The molecule has 4 heteroatoms. The van der Waals surface area contributed by atoms with Crippen LogP contribution in [-0.4, -0.2) is 10.9 Å². The van der Waals surface area contributed by atoms with Crippen LogP contribution in [0.3, 0.4) is 0 Å². The number of hydrogen-bond donors (Lipinski definition) is 1. The Morgan fingerprint density at radius 2 is 1.78 bits per heavy atom. The largest absolute Gasteiger partial charge is 0.302 e. The lowest BCUT2D eigenvalue weighted by Crippen LogP contribution is -2.14. The van der Waals surface area contributed by atoms with E-state index in [-0.39, 0.29) is 5.91 Å². The molecule has 0 fully saturated rings. The molecule has 0 spiro atoms. The topological polar surface area (TPSA) is 42.0 Å². The van der Waals surface area contributed by atoms with E-state index in [9.17, 15) is 4.79 Å². The summed E-state index contributed by atoms with van der Waals surface area (Å²) in [4.78, 5) is 16.9. The number of nitrogens with one attached hydrogen (secondary N) is 1. The van der Waals surface area contributed by atoms with Gasteiger partial charge in [0.25, 0.3) is 0 Å². The van der Waals surface area contributed by atoms with E-state index in [1.54, 1.807) is 0 Å². The third-order valence-electron chi connectivity index (χ3n) is 3.93. The van der Waals surface area contributed by atoms with E-state index in [0.29, 0.717) is 11.6 Å². The zero-order valence-corrected chi connectivity index (χ0v) is 14.7. The van der Waals surface area contributed by atoms with Crippen molar-refractivity contribution in [3.63, 3.8) is 0 Å². The molecule has 0 saturated carbocycles. The van der Waals surface area contributed by atoms with Crippen LogP contribution in [0.4, 0.5) is 5.13 Å². The van der Waals surface area contributed by atoms with E-state index in [0.717, 1.165) is 26.9 Å². The van der Waals surface area contributed by atoms with Crippen molar-refractivity contribution < 1.29 is 4.79 Å². The fraction of sp³-hybridized carbons (Fsp3) is 0.263. The van der Waals surface area contributed by atoms with Gasteiger partial charge in [0.05, 0.1) is 16.6 Å². The van der Waals surface area contributed by atoms with Crippen molar-refractivity contribution in [2.75, 3.05) is 5.32 Å². The standard InChI is InChI=1S/C19H20N2OS/c1-11-5-6-15(13(3)7-11)10-17(22)20-19-21-18-14(4)8-12(2)9-16(18)23-19/h5-9H,10H2,1-4H3,(H,20,21,22). The predicted octanol–water partition coefficient (Wildman–Crippen LogP) is 4.71. The van der Waals surface area contributed by atoms with Gasteiger partial charge in [0.2, 0.25) is 5.91 Å². The Bertz CT molecular complexity index is 896. The third kappa shape index (κ3) is 3.42. The van der Waals surface area contributed by atoms with Gasteiger partial charge in [-0.3, -0.25) is 4.79 Å². The Morgan fingerprint density at radius 3 is 2.52 bits per heavy atom. The first-order chi connectivity index (χ1) is 10.9. The average Bonchev–Trinajstić information content (AvgIpc) is 2.84. The number of aryl methyl sites for hydroxylation is 4. The number of amides is 1. The molecule has 3 nitrogen and oxygen atoms in total. The third-order valence-corrected chi connectivity index (χ3v) is 4.84. The molecule has 1 amide bonds. The van der Waals surface area contributed by atoms with Crippen LogP contribution in [-0.2, 0) is 11.2 Å². The monoisotopic (exact) mass is 324 g/mol. The molecular formula is C19H20N2OS. The molecule has 0 unspecified atom stereocenters. The summed E-state index contributed by atoms with van der Waals surface area (Å²) in [7, 11) is 0. The van der Waals surface area contributed by atoms with E-state index in [4.69, 9.17) is 0 Å². The van der Waals surface area contributed by atoms with Crippen molar-refractivity contribution in [3.8, 4) is 0 Å². The highest BCUT2D eigenvalue weighted by molar-refractivity contribution is 7.22. The van der Waals surface area contributed by atoms with Crippen LogP contribution >= 0.6 is 11.3 Å². The fourth-order valence-corrected chi connectivity index (χ4v) is 3.86. The molecule has 1 heterocycles. The molecule has 1 N–H and O–H groups in total. The summed E-state index contributed by atoms with van der Waals surface area (Å²) in [5.41, 5.74) is 6.75. The second-order valence-electron chi connectivity index (χ2n) is 6.10. The smallest absolute Gasteiger partial charge is 0.230 e. The van der Waals surface area contributed by atoms with Gasteiger partial charge in [0.15, 0.2) is 5.13 Å². The normalized spacial score (nSPS) is 11.0. The van der Waals surface area contributed by atoms with Gasteiger partial charge in [-0.15, -0.1) is 0 Å². The number of carbonyl (C=O) groups is 1. The first kappa shape index (κ1) is 15.7. The number of aromatic nitrogens is 1. The van der Waals surface area contributed by atoms with Crippen LogP contribution in [0.15, 0.2) is 30.3 Å². The lowest BCUT2D eigenvalue weighted by molar-refractivity contribution is -0.115. The quantitative estimate of drug-likeness (QED) is 0.758. The number of benzene rings is 2. The van der Waals surface area contributed by atoms with Gasteiger partial charge in [-0.1, -0.05) is 41.2 Å². The maximum Gasteiger partial charge on any atom is 0.230 e. The van der Waals surface area contributed by atoms with E-state index < -0.39 is 0 Å². The molecule has 0 atom stereocenters. The molecule has 23 heavy (non-hydrogen) atoms. The Balaban J connectivity index is 1.79. The Morgan fingerprint density at radius 1 is 1.04 bits per heavy atom. The minimum Gasteiger partial charge on any atom is -0.302 e. The summed E-state index contributed by atoms with van der Waals surface area (Å²) in [5.74, 6) is -0.0228. The molecule has 2 aromatic carbocycles. The molecule has 0 saturated heterocycles. The summed E-state index contributed by atoms with van der Waals surface area (Å²) in [6, 6.07) is 10.4. The maximum absolute atomic E-state index is 12.3. The SMILES string of the molecule is Cc1ccc(CC(=O)Nc2nc3c(C)cc(C)cc3s2)c(C)c1. The number of fused-ring (bicyclic) bond motifs is 1. The minimum absolute atomic E-state index is 0.0228. The van der Waals surface area contributed by atoms with Gasteiger partial charge in [0, 0.05) is 0 Å². The van der Waals surface area contributed by atoms with Crippen molar-refractivity contribution in [3.05, 3.63) is 58.1 Å². The first-order valence-electron chi connectivity index (χ1n) is 7.66. The van der Waals surface area contributed by atoms with Crippen molar-refractivity contribution in [2.45, 2.75) is 34.1 Å². The number of hydrogen-bond acceptors (Lipinski definition) is 3. The molecule has 0 bridgehead atoms. The van der Waals surface area contributed by atoms with E-state index in [2.05, 4.69) is 49.3 Å². The number of anilines is 1. The maximum atomic E-state index is 12.3. The van der Waals surface area contributed by atoms with E-state index in [1.165, 1.54) is 22.5 Å². The van der Waals surface area contributed by atoms with Crippen LogP contribution in [0.25, 0.3) is 10.2 Å². The van der Waals surface area contributed by atoms with Crippen molar-refractivity contribution in [1.29, 1.82) is 0 Å². The van der Waals surface area contributed by atoms with E-state index >= 15 is 0 Å². The molecular weight excluding hydrogens is 304 g/mol. The van der Waals surface area contributed by atoms with Crippen molar-refractivity contribution in [2.24, 2.45) is 0 Å². The van der Waals surface area contributed by atoms with Crippen LogP contribution in [0.5, 0.6) is 0 Å². The second kappa shape index (κ2) is 6.13. The van der Waals surface area contributed by atoms with Crippen LogP contribution < -0.4 is 5.32 Å². The van der Waals surface area contributed by atoms with Crippen LogP contribution in [0, 0.1) is 27.7 Å². The highest BCUT2D eigenvalue weighted by atomic mass is 32.1. The molecule has 0 aliphatic rings. The number of rotatable bonds is 3. The summed E-state index contributed by atoms with van der Waals surface area (Å²) >= 11 is 1.53. The summed E-state index contributed by atoms with van der Waals surface area (Å²) in [6.07, 6.45) is 0.375. The lowest BCUT2D eigenvalue weighted by atomic mass is 10.0. The molecule has 0 aliphatic heterocycles. The Hall–Kier alpha value is -2.20. The van der Waals surface area contributed by atoms with Crippen LogP contribution in [0.1, 0.15) is 27.8 Å². The average molecular weight is 324 g/mol. The molecule has 118 valence electrons. The zero-order valence-electron chi connectivity index (χ0n) is 13.9. The van der Waals surface area contributed by atoms with E-state index in [1.807, 2.05) is 19.1 Å². The Kier molecular flexibility index (Phi) is 4.18. The van der Waals surface area contributed by atoms with Crippen molar-refractivity contribution >= 4 is 32.6 Å². The van der Waals surface area contributed by atoms with Gasteiger partial charge < -0.3 is 5.32 Å². The number of carbonyl (C=O) groups excluding carboxylic acids is 1. The van der Waals surface area contributed by atoms with Crippen molar-refractivity contribution in [1.82, 2.24) is 4.98 Å². The molecule has 3 aromatic rings. The van der Waals surface area contributed by atoms with Gasteiger partial charge in [0.1, 0.15) is 0 Å². The predicted molar refractivity (Wildman–Crippen MR) is 97.3 cm³/mol. The highest BCUT2D eigenvalue weighted by Gasteiger charge is 2.11.